The lowest BCUT2D eigenvalue weighted by Gasteiger charge is -2.17. The molecular weight excluding hydrogens is 547 g/mol. The Balaban J connectivity index is 1.45. The third-order valence-corrected chi connectivity index (χ3v) is 6.58. The standard InChI is InChI=1S/C26H23IN2O5/c1-33-25(31)23(14-27)28-24(30)20-12-6-7-13-22(20)29-26(32)34-15-21-18-10-4-2-8-16(18)17-9-3-5-11-19(17)21/h2-13,21,23H,14-15H2,1H3,(H,28,30)(H,29,32)/t23-/m1/s1. The predicted octanol–water partition coefficient (Wildman–Crippen LogP) is 4.75. The lowest BCUT2D eigenvalue weighted by molar-refractivity contribution is -0.142. The van der Waals surface area contributed by atoms with Crippen molar-refractivity contribution < 1.29 is 23.9 Å². The molecule has 1 aliphatic rings. The number of ether oxygens (including phenoxy) is 2. The molecule has 0 spiro atoms. The Kier molecular flexibility index (Phi) is 7.46. The van der Waals surface area contributed by atoms with Crippen LogP contribution in [-0.4, -0.2) is 42.2 Å². The molecule has 2 amide bonds. The summed E-state index contributed by atoms with van der Waals surface area (Å²) in [6.07, 6.45) is -0.666. The highest BCUT2D eigenvalue weighted by Crippen LogP contribution is 2.44. The topological polar surface area (TPSA) is 93.7 Å². The molecule has 7 nitrogen and oxygen atoms in total. The first-order chi connectivity index (χ1) is 16.5. The number of nitrogens with one attached hydrogen (secondary N) is 2. The fourth-order valence-corrected chi connectivity index (χ4v) is 4.65. The summed E-state index contributed by atoms with van der Waals surface area (Å²) in [5.41, 5.74) is 5.02. The lowest BCUT2D eigenvalue weighted by Crippen LogP contribution is -2.42. The molecule has 1 aliphatic carbocycles. The zero-order chi connectivity index (χ0) is 24.1. The van der Waals surface area contributed by atoms with Crippen molar-refractivity contribution in [1.82, 2.24) is 5.32 Å². The largest absolute Gasteiger partial charge is 0.467 e. The second-order valence-electron chi connectivity index (χ2n) is 7.70. The molecule has 4 rings (SSSR count). The average Bonchev–Trinajstić information content (AvgIpc) is 3.19. The lowest BCUT2D eigenvalue weighted by atomic mass is 9.98. The van der Waals surface area contributed by atoms with Gasteiger partial charge in [-0.3, -0.25) is 10.1 Å². The van der Waals surface area contributed by atoms with Gasteiger partial charge in [0.15, 0.2) is 0 Å². The normalized spacial score (nSPS) is 12.8. The van der Waals surface area contributed by atoms with Crippen LogP contribution in [0.4, 0.5) is 10.5 Å². The van der Waals surface area contributed by atoms with E-state index in [4.69, 9.17) is 9.47 Å². The van der Waals surface area contributed by atoms with Crippen molar-refractivity contribution in [2.75, 3.05) is 23.5 Å². The van der Waals surface area contributed by atoms with Crippen molar-refractivity contribution in [2.24, 2.45) is 0 Å². The summed E-state index contributed by atoms with van der Waals surface area (Å²) < 4.78 is 10.6. The van der Waals surface area contributed by atoms with Crippen molar-refractivity contribution in [3.8, 4) is 11.1 Å². The highest BCUT2D eigenvalue weighted by molar-refractivity contribution is 14.1. The number of carbonyl (C=O) groups excluding carboxylic acids is 3. The van der Waals surface area contributed by atoms with Gasteiger partial charge in [-0.05, 0) is 34.4 Å². The number of benzene rings is 3. The van der Waals surface area contributed by atoms with E-state index in [1.54, 1.807) is 24.3 Å². The second kappa shape index (κ2) is 10.7. The van der Waals surface area contributed by atoms with Crippen molar-refractivity contribution in [2.45, 2.75) is 12.0 Å². The third-order valence-electron chi connectivity index (χ3n) is 5.70. The number of methoxy groups -OCH3 is 1. The quantitative estimate of drug-likeness (QED) is 0.243. The molecule has 0 bridgehead atoms. The monoisotopic (exact) mass is 570 g/mol. The van der Waals surface area contributed by atoms with Gasteiger partial charge in [0.25, 0.3) is 5.91 Å². The SMILES string of the molecule is COC(=O)[C@@H](CI)NC(=O)c1ccccc1NC(=O)OCC1c2ccccc2-c2ccccc21. The molecule has 1 atom stereocenters. The first kappa shape index (κ1) is 23.7. The van der Waals surface area contributed by atoms with Crippen LogP contribution in [0.15, 0.2) is 72.8 Å². The number of rotatable bonds is 7. The van der Waals surface area contributed by atoms with Crippen LogP contribution in [0.5, 0.6) is 0 Å². The highest BCUT2D eigenvalue weighted by Gasteiger charge is 2.29. The summed E-state index contributed by atoms with van der Waals surface area (Å²) in [6, 6.07) is 21.9. The van der Waals surface area contributed by atoms with Gasteiger partial charge in [-0.1, -0.05) is 83.3 Å². The number of carbonyl (C=O) groups is 3. The zero-order valence-corrected chi connectivity index (χ0v) is 20.6. The summed E-state index contributed by atoms with van der Waals surface area (Å²) in [6.45, 7) is 0.160. The number of hydrogen-bond donors (Lipinski definition) is 2. The van der Waals surface area contributed by atoms with Gasteiger partial charge < -0.3 is 14.8 Å². The van der Waals surface area contributed by atoms with E-state index in [0.717, 1.165) is 22.3 Å². The molecule has 3 aromatic rings. The van der Waals surface area contributed by atoms with E-state index in [1.807, 2.05) is 59.0 Å². The van der Waals surface area contributed by atoms with Crippen LogP contribution in [0.3, 0.4) is 0 Å². The third kappa shape index (κ3) is 4.91. The zero-order valence-electron chi connectivity index (χ0n) is 18.4. The average molecular weight is 570 g/mol. The molecule has 0 fully saturated rings. The Bertz CT molecular complexity index is 1180. The van der Waals surface area contributed by atoms with Gasteiger partial charge in [0.05, 0.1) is 18.4 Å². The van der Waals surface area contributed by atoms with Gasteiger partial charge in [0, 0.05) is 10.3 Å². The number of halogens is 1. The van der Waals surface area contributed by atoms with E-state index in [-0.39, 0.29) is 23.8 Å². The molecule has 0 aliphatic heterocycles. The number of esters is 1. The minimum atomic E-state index is -0.791. The van der Waals surface area contributed by atoms with Crippen LogP contribution in [0.25, 0.3) is 11.1 Å². The van der Waals surface area contributed by atoms with Gasteiger partial charge in [0.1, 0.15) is 12.6 Å². The molecule has 34 heavy (non-hydrogen) atoms. The maximum absolute atomic E-state index is 12.8. The van der Waals surface area contributed by atoms with Gasteiger partial charge in [-0.25, -0.2) is 9.59 Å². The molecule has 8 heteroatoms. The molecule has 0 unspecified atom stereocenters. The summed E-state index contributed by atoms with van der Waals surface area (Å²) >= 11 is 1.99. The van der Waals surface area contributed by atoms with Gasteiger partial charge in [0.2, 0.25) is 0 Å². The number of amides is 2. The molecule has 0 aromatic heterocycles. The minimum absolute atomic E-state index is 0.0684. The molecule has 2 N–H and O–H groups in total. The van der Waals surface area contributed by atoms with Crippen LogP contribution in [0.2, 0.25) is 0 Å². The van der Waals surface area contributed by atoms with E-state index >= 15 is 0 Å². The van der Waals surface area contributed by atoms with Crippen molar-refractivity contribution in [3.05, 3.63) is 89.5 Å². The number of anilines is 1. The van der Waals surface area contributed by atoms with Crippen LogP contribution in [0.1, 0.15) is 27.4 Å². The maximum Gasteiger partial charge on any atom is 0.411 e. The van der Waals surface area contributed by atoms with E-state index in [9.17, 15) is 14.4 Å². The van der Waals surface area contributed by atoms with Crippen molar-refractivity contribution in [3.63, 3.8) is 0 Å². The number of hydrogen-bond acceptors (Lipinski definition) is 5. The van der Waals surface area contributed by atoms with E-state index in [0.29, 0.717) is 4.43 Å². The van der Waals surface area contributed by atoms with Crippen LogP contribution in [0, 0.1) is 0 Å². The second-order valence-corrected chi connectivity index (χ2v) is 8.58. The van der Waals surface area contributed by atoms with Crippen molar-refractivity contribution >= 4 is 46.2 Å². The van der Waals surface area contributed by atoms with Crippen molar-refractivity contribution in [1.29, 1.82) is 0 Å². The van der Waals surface area contributed by atoms with Gasteiger partial charge in [-0.15, -0.1) is 0 Å². The fraction of sp³-hybridized carbons (Fsp3) is 0.192. The Morgan fingerprint density at radius 1 is 0.912 bits per heavy atom. The van der Waals surface area contributed by atoms with Crippen LogP contribution >= 0.6 is 22.6 Å². The summed E-state index contributed by atoms with van der Waals surface area (Å²) in [4.78, 5) is 37.3. The summed E-state index contributed by atoms with van der Waals surface area (Å²) in [5, 5.41) is 5.29. The summed E-state index contributed by atoms with van der Waals surface area (Å²) in [7, 11) is 1.26. The predicted molar refractivity (Wildman–Crippen MR) is 137 cm³/mol. The van der Waals surface area contributed by atoms with E-state index in [1.165, 1.54) is 7.11 Å². The maximum atomic E-state index is 12.8. The smallest absolute Gasteiger partial charge is 0.411 e. The van der Waals surface area contributed by atoms with E-state index < -0.39 is 24.0 Å². The van der Waals surface area contributed by atoms with Crippen LogP contribution < -0.4 is 10.6 Å². The van der Waals surface area contributed by atoms with E-state index in [2.05, 4.69) is 22.8 Å². The molecule has 174 valence electrons. The van der Waals surface area contributed by atoms with Crippen LogP contribution in [-0.2, 0) is 14.3 Å². The first-order valence-electron chi connectivity index (χ1n) is 10.7. The Morgan fingerprint density at radius 2 is 1.50 bits per heavy atom. The molecule has 3 aromatic carbocycles. The Hall–Kier alpha value is -3.40. The molecule has 0 saturated heterocycles. The Labute approximate surface area is 211 Å². The number of fused-ring (bicyclic) bond motifs is 3. The molecule has 0 saturated carbocycles. The fourth-order valence-electron chi connectivity index (χ4n) is 4.07. The summed E-state index contributed by atoms with van der Waals surface area (Å²) in [5.74, 6) is -1.10. The number of alkyl halides is 1. The minimum Gasteiger partial charge on any atom is -0.467 e. The van der Waals surface area contributed by atoms with Gasteiger partial charge in [-0.2, -0.15) is 0 Å². The molecule has 0 heterocycles. The van der Waals surface area contributed by atoms with Gasteiger partial charge >= 0.3 is 12.1 Å². The Morgan fingerprint density at radius 3 is 2.12 bits per heavy atom. The molecule has 0 radical (unpaired) electrons. The molecular formula is C26H23IN2O5. The number of para-hydroxylation sites is 1. The first-order valence-corrected chi connectivity index (χ1v) is 12.2. The highest BCUT2D eigenvalue weighted by atomic mass is 127.